The second kappa shape index (κ2) is 3.81. The summed E-state index contributed by atoms with van der Waals surface area (Å²) in [5.41, 5.74) is 0. The van der Waals surface area contributed by atoms with Crippen LogP contribution >= 0.6 is 0 Å². The summed E-state index contributed by atoms with van der Waals surface area (Å²) in [5.74, 6) is 1.52. The Labute approximate surface area is 75.0 Å². The molecule has 5 nitrogen and oxygen atoms in total. The van der Waals surface area contributed by atoms with Gasteiger partial charge in [-0.2, -0.15) is 0 Å². The minimum absolute atomic E-state index is 0.116. The van der Waals surface area contributed by atoms with Crippen LogP contribution in [0.25, 0.3) is 0 Å². The maximum absolute atomic E-state index is 11.1. The second-order valence-corrected chi connectivity index (χ2v) is 2.41. The summed E-state index contributed by atoms with van der Waals surface area (Å²) in [7, 11) is 0. The van der Waals surface area contributed by atoms with E-state index in [1.54, 1.807) is 0 Å². The molecule has 1 fully saturated rings. The molecule has 0 aromatic rings. The molecule has 70 valence electrons. The Morgan fingerprint density at radius 1 is 1.85 bits per heavy atom. The fraction of sp³-hybridized carbons (Fsp3) is 0.500. The van der Waals surface area contributed by atoms with Crippen molar-refractivity contribution in [1.82, 2.24) is 0 Å². The Morgan fingerprint density at radius 2 is 2.54 bits per heavy atom. The molecule has 2 unspecified atom stereocenters. The van der Waals surface area contributed by atoms with Gasteiger partial charge in [0.25, 0.3) is 0 Å². The summed E-state index contributed by atoms with van der Waals surface area (Å²) in [6.45, 7) is 1.42. The summed E-state index contributed by atoms with van der Waals surface area (Å²) in [6, 6.07) is 0. The molecule has 0 aliphatic carbocycles. The van der Waals surface area contributed by atoms with E-state index in [-0.39, 0.29) is 6.61 Å². The Balaban J connectivity index is 2.41. The quantitative estimate of drug-likeness (QED) is 0.449. The van der Waals surface area contributed by atoms with Crippen LogP contribution < -0.4 is 0 Å². The highest BCUT2D eigenvalue weighted by Gasteiger charge is 2.33. The molecule has 1 aliphatic heterocycles. The molecule has 0 radical (unpaired) electrons. The van der Waals surface area contributed by atoms with Crippen molar-refractivity contribution in [2.75, 3.05) is 6.61 Å². The van der Waals surface area contributed by atoms with Crippen LogP contribution in [-0.4, -0.2) is 30.9 Å². The van der Waals surface area contributed by atoms with Crippen LogP contribution in [0.3, 0.4) is 0 Å². The number of rotatable bonds is 2. The van der Waals surface area contributed by atoms with Crippen LogP contribution in [-0.2, 0) is 19.0 Å². The van der Waals surface area contributed by atoms with Gasteiger partial charge in [0.2, 0.25) is 6.10 Å². The number of terminal acetylenes is 1. The predicted molar refractivity (Wildman–Crippen MR) is 40.6 cm³/mol. The summed E-state index contributed by atoms with van der Waals surface area (Å²) in [6.07, 6.45) is 2.50. The van der Waals surface area contributed by atoms with Gasteiger partial charge in [0.1, 0.15) is 6.61 Å². The van der Waals surface area contributed by atoms with E-state index in [0.717, 1.165) is 0 Å². The van der Waals surface area contributed by atoms with Crippen molar-refractivity contribution in [2.45, 2.75) is 19.1 Å². The van der Waals surface area contributed by atoms with Crippen molar-refractivity contribution in [3.05, 3.63) is 0 Å². The first-order valence-electron chi connectivity index (χ1n) is 3.63. The Kier molecular flexibility index (Phi) is 2.75. The number of carbonyl (C=O) groups excluding carboxylic acids is 2. The summed E-state index contributed by atoms with van der Waals surface area (Å²) >= 11 is 0. The zero-order chi connectivity index (χ0) is 9.84. The van der Waals surface area contributed by atoms with Crippen LogP contribution in [0.4, 0.5) is 4.79 Å². The van der Waals surface area contributed by atoms with E-state index < -0.39 is 24.3 Å². The molecule has 0 aromatic heterocycles. The second-order valence-electron chi connectivity index (χ2n) is 2.41. The summed E-state index contributed by atoms with van der Waals surface area (Å²) in [4.78, 5) is 21.5. The zero-order valence-electron chi connectivity index (χ0n) is 6.98. The number of hydrogen-bond acceptors (Lipinski definition) is 5. The largest absolute Gasteiger partial charge is 0.509 e. The first-order chi connectivity index (χ1) is 6.13. The predicted octanol–water partition coefficient (Wildman–Crippen LogP) is 0.0867. The first kappa shape index (κ1) is 9.39. The van der Waals surface area contributed by atoms with Gasteiger partial charge in [0.15, 0.2) is 6.10 Å². The molecule has 0 N–H and O–H groups in total. The van der Waals surface area contributed by atoms with Crippen molar-refractivity contribution in [2.24, 2.45) is 0 Å². The fourth-order valence-corrected chi connectivity index (χ4v) is 0.728. The van der Waals surface area contributed by atoms with Gasteiger partial charge in [-0.15, -0.1) is 6.42 Å². The molecule has 5 heteroatoms. The normalized spacial score (nSPS) is 22.5. The van der Waals surface area contributed by atoms with Crippen molar-refractivity contribution >= 4 is 12.1 Å². The molecular formula is C8H8O5. The number of hydrogen-bond donors (Lipinski definition) is 0. The van der Waals surface area contributed by atoms with E-state index in [4.69, 9.17) is 11.2 Å². The molecule has 13 heavy (non-hydrogen) atoms. The van der Waals surface area contributed by atoms with Crippen molar-refractivity contribution in [3.8, 4) is 12.3 Å². The lowest BCUT2D eigenvalue weighted by atomic mass is 10.4. The average molecular weight is 184 g/mol. The van der Waals surface area contributed by atoms with E-state index in [9.17, 15) is 9.59 Å². The van der Waals surface area contributed by atoms with Gasteiger partial charge in [-0.25, -0.2) is 9.59 Å². The third-order valence-electron chi connectivity index (χ3n) is 1.38. The van der Waals surface area contributed by atoms with Gasteiger partial charge in [0, 0.05) is 0 Å². The molecule has 0 bridgehead atoms. The summed E-state index contributed by atoms with van der Waals surface area (Å²) in [5, 5.41) is 0. The summed E-state index contributed by atoms with van der Waals surface area (Å²) < 4.78 is 13.6. The molecule has 1 aliphatic rings. The molecule has 1 rings (SSSR count). The minimum atomic E-state index is -0.983. The van der Waals surface area contributed by atoms with E-state index in [2.05, 4.69) is 15.4 Å². The lowest BCUT2D eigenvalue weighted by molar-refractivity contribution is -0.153. The molecule has 0 spiro atoms. The van der Waals surface area contributed by atoms with Gasteiger partial charge >= 0.3 is 12.1 Å². The van der Waals surface area contributed by atoms with Crippen molar-refractivity contribution < 1.29 is 23.8 Å². The van der Waals surface area contributed by atoms with Gasteiger partial charge in [-0.05, 0) is 6.92 Å². The topological polar surface area (TPSA) is 61.8 Å². The van der Waals surface area contributed by atoms with Crippen molar-refractivity contribution in [3.63, 3.8) is 0 Å². The average Bonchev–Trinajstić information content (AvgIpc) is 2.51. The Bertz CT molecular complexity index is 264. The van der Waals surface area contributed by atoms with Crippen molar-refractivity contribution in [1.29, 1.82) is 0 Å². The molecule has 1 saturated heterocycles. The first-order valence-corrected chi connectivity index (χ1v) is 3.63. The Hall–Kier alpha value is -1.70. The molecule has 1 heterocycles. The molecule has 2 atom stereocenters. The fourth-order valence-electron chi connectivity index (χ4n) is 0.728. The van der Waals surface area contributed by atoms with Gasteiger partial charge in [-0.1, -0.05) is 5.92 Å². The Morgan fingerprint density at radius 3 is 3.00 bits per heavy atom. The maximum Gasteiger partial charge on any atom is 0.509 e. The van der Waals surface area contributed by atoms with Crippen LogP contribution in [0.15, 0.2) is 0 Å². The van der Waals surface area contributed by atoms with Crippen LogP contribution in [0.2, 0.25) is 0 Å². The monoisotopic (exact) mass is 184 g/mol. The highest BCUT2D eigenvalue weighted by molar-refractivity contribution is 5.79. The molecule has 0 amide bonds. The third-order valence-corrected chi connectivity index (χ3v) is 1.38. The highest BCUT2D eigenvalue weighted by atomic mass is 16.8. The SMILES string of the molecule is C#CC(C)OC(=O)C1COC(=O)O1. The van der Waals surface area contributed by atoms with E-state index in [1.807, 2.05) is 0 Å². The maximum atomic E-state index is 11.1. The number of esters is 1. The number of cyclic esters (lactones) is 2. The van der Waals surface area contributed by atoms with Crippen LogP contribution in [0, 0.1) is 12.3 Å². The number of ether oxygens (including phenoxy) is 3. The third kappa shape index (κ3) is 2.37. The molecular weight excluding hydrogens is 176 g/mol. The van der Waals surface area contributed by atoms with Crippen LogP contribution in [0.1, 0.15) is 6.92 Å². The van der Waals surface area contributed by atoms with E-state index >= 15 is 0 Å². The lowest BCUT2D eigenvalue weighted by Gasteiger charge is -2.09. The standard InChI is InChI=1S/C8H8O5/c1-3-5(2)12-7(9)6-4-11-8(10)13-6/h1,5-6H,4H2,2H3. The molecule has 0 aromatic carbocycles. The smallest absolute Gasteiger partial charge is 0.447 e. The number of carbonyl (C=O) groups is 2. The lowest BCUT2D eigenvalue weighted by Crippen LogP contribution is -2.28. The zero-order valence-corrected chi connectivity index (χ0v) is 6.98. The van der Waals surface area contributed by atoms with E-state index in [1.165, 1.54) is 6.92 Å². The van der Waals surface area contributed by atoms with Gasteiger partial charge < -0.3 is 14.2 Å². The van der Waals surface area contributed by atoms with Crippen LogP contribution in [0.5, 0.6) is 0 Å². The van der Waals surface area contributed by atoms with Gasteiger partial charge in [-0.3, -0.25) is 0 Å². The van der Waals surface area contributed by atoms with Gasteiger partial charge in [0.05, 0.1) is 0 Å². The highest BCUT2D eigenvalue weighted by Crippen LogP contribution is 2.08. The van der Waals surface area contributed by atoms with E-state index in [0.29, 0.717) is 0 Å². The minimum Gasteiger partial charge on any atom is -0.447 e. The molecule has 0 saturated carbocycles.